The molecule has 2 N–H and O–H groups in total. The average molecular weight is 442 g/mol. The van der Waals surface area contributed by atoms with Crippen LogP contribution in [0.1, 0.15) is 93.3 Å². The maximum Gasteiger partial charge on any atom is 0.265 e. The van der Waals surface area contributed by atoms with Gasteiger partial charge in [0, 0.05) is 12.1 Å². The lowest BCUT2D eigenvalue weighted by Crippen LogP contribution is -2.18. The molecule has 0 unspecified atom stereocenters. The average Bonchev–Trinajstić information content (AvgIpc) is 3.32. The summed E-state index contributed by atoms with van der Waals surface area (Å²) < 4.78 is 0. The van der Waals surface area contributed by atoms with Gasteiger partial charge in [0.05, 0.1) is 10.6 Å². The third-order valence-electron chi connectivity index (χ3n) is 5.16. The highest BCUT2D eigenvalue weighted by atomic mass is 32.1. The summed E-state index contributed by atoms with van der Waals surface area (Å²) in [6.07, 6.45) is 11.6. The highest BCUT2D eigenvalue weighted by Gasteiger charge is 2.07. The minimum atomic E-state index is -0.114. The van der Waals surface area contributed by atoms with Gasteiger partial charge in [-0.15, -0.1) is 11.3 Å². The zero-order valence-electron chi connectivity index (χ0n) is 18.8. The summed E-state index contributed by atoms with van der Waals surface area (Å²) in [5.74, 6) is -0.154. The van der Waals surface area contributed by atoms with Gasteiger partial charge in [-0.05, 0) is 42.5 Å². The molecule has 0 fully saturated rings. The molecule has 0 aliphatic carbocycles. The Labute approximate surface area is 190 Å². The predicted molar refractivity (Wildman–Crippen MR) is 131 cm³/mol. The van der Waals surface area contributed by atoms with Crippen LogP contribution in [0.5, 0.6) is 0 Å². The van der Waals surface area contributed by atoms with Crippen molar-refractivity contribution >= 4 is 34.6 Å². The number of hydrogen-bond donors (Lipinski definition) is 2. The summed E-state index contributed by atoms with van der Waals surface area (Å²) >= 11 is 1.41. The van der Waals surface area contributed by atoms with Gasteiger partial charge < -0.3 is 5.32 Å². The molecule has 0 aliphatic heterocycles. The lowest BCUT2D eigenvalue weighted by molar-refractivity contribution is -0.121. The van der Waals surface area contributed by atoms with E-state index in [4.69, 9.17) is 0 Å². The molecule has 0 atom stereocenters. The van der Waals surface area contributed by atoms with Gasteiger partial charge in [-0.2, -0.15) is 5.10 Å². The van der Waals surface area contributed by atoms with Crippen molar-refractivity contribution in [3.05, 3.63) is 52.2 Å². The Hall–Kier alpha value is -2.47. The Morgan fingerprint density at radius 1 is 0.903 bits per heavy atom. The minimum Gasteiger partial charge on any atom is -0.321 e. The lowest BCUT2D eigenvalue weighted by atomic mass is 10.1. The number of amides is 2. The van der Waals surface area contributed by atoms with E-state index in [0.717, 1.165) is 29.8 Å². The molecule has 0 aliphatic rings. The molecule has 1 aromatic heterocycles. The summed E-state index contributed by atoms with van der Waals surface area (Å²) in [7, 11) is 0. The minimum absolute atomic E-state index is 0.0397. The molecular formula is C25H35N3O2S. The van der Waals surface area contributed by atoms with Gasteiger partial charge in [0.2, 0.25) is 5.91 Å². The van der Waals surface area contributed by atoms with E-state index in [1.165, 1.54) is 56.3 Å². The Morgan fingerprint density at radius 2 is 1.55 bits per heavy atom. The molecule has 0 radical (unpaired) electrons. The monoisotopic (exact) mass is 441 g/mol. The number of nitrogens with zero attached hydrogens (tertiary/aromatic N) is 1. The Bertz CT molecular complexity index is 814. The summed E-state index contributed by atoms with van der Waals surface area (Å²) in [5, 5.41) is 8.96. The summed E-state index contributed by atoms with van der Waals surface area (Å²) in [6.45, 7) is 4.10. The normalized spacial score (nSPS) is 11.4. The van der Waals surface area contributed by atoms with Crippen molar-refractivity contribution in [3.8, 4) is 0 Å². The number of nitrogens with one attached hydrogen (secondary N) is 2. The van der Waals surface area contributed by atoms with Crippen molar-refractivity contribution in [1.29, 1.82) is 0 Å². The number of thiophene rings is 1. The van der Waals surface area contributed by atoms with Crippen LogP contribution in [0.25, 0.3) is 0 Å². The Balaban J connectivity index is 1.64. The molecule has 6 heteroatoms. The molecular weight excluding hydrogens is 406 g/mol. The van der Waals surface area contributed by atoms with E-state index >= 15 is 0 Å². The number of carbonyl (C=O) groups is 2. The Kier molecular flexibility index (Phi) is 11.6. The molecule has 1 aromatic carbocycles. The maximum atomic E-state index is 12.1. The van der Waals surface area contributed by atoms with Crippen molar-refractivity contribution in [2.24, 2.45) is 5.10 Å². The number of hydrazone groups is 1. The first-order chi connectivity index (χ1) is 15.1. The number of rotatable bonds is 14. The quantitative estimate of drug-likeness (QED) is 0.193. The van der Waals surface area contributed by atoms with Crippen LogP contribution in [-0.2, 0) is 4.79 Å². The molecule has 31 heavy (non-hydrogen) atoms. The topological polar surface area (TPSA) is 70.6 Å². The Morgan fingerprint density at radius 3 is 2.16 bits per heavy atom. The predicted octanol–water partition coefficient (Wildman–Crippen LogP) is 6.76. The molecule has 5 nitrogen and oxygen atoms in total. The van der Waals surface area contributed by atoms with Crippen LogP contribution in [0.2, 0.25) is 0 Å². The molecule has 0 spiro atoms. The van der Waals surface area contributed by atoms with E-state index in [1.807, 2.05) is 42.6 Å². The highest BCUT2D eigenvalue weighted by molar-refractivity contribution is 7.12. The van der Waals surface area contributed by atoms with E-state index in [2.05, 4.69) is 22.8 Å². The van der Waals surface area contributed by atoms with Gasteiger partial charge in [0.15, 0.2) is 0 Å². The van der Waals surface area contributed by atoms with Crippen LogP contribution in [-0.4, -0.2) is 17.5 Å². The zero-order valence-corrected chi connectivity index (χ0v) is 19.6. The van der Waals surface area contributed by atoms with Crippen LogP contribution in [0, 0.1) is 0 Å². The molecule has 0 saturated carbocycles. The number of hydrogen-bond acceptors (Lipinski definition) is 4. The molecule has 2 aromatic rings. The molecule has 0 saturated heterocycles. The highest BCUT2D eigenvalue weighted by Crippen LogP contribution is 2.15. The van der Waals surface area contributed by atoms with Crippen LogP contribution in [0.15, 0.2) is 46.9 Å². The smallest absolute Gasteiger partial charge is 0.265 e. The number of unbranched alkanes of at least 4 members (excludes halogenated alkanes) is 8. The van der Waals surface area contributed by atoms with Crippen LogP contribution >= 0.6 is 11.3 Å². The standard InChI is InChI=1S/C25H35N3O2S/c1-3-4-5-6-7-8-9-10-11-14-24(29)28-27-20(2)21-15-17-22(18-16-21)26-25(30)23-13-12-19-31-23/h12-13,15-19H,3-11,14H2,1-2H3,(H,26,30)(H,28,29)/b27-20+. The number of anilines is 1. The third-order valence-corrected chi connectivity index (χ3v) is 6.03. The van der Waals surface area contributed by atoms with Crippen molar-refractivity contribution < 1.29 is 9.59 Å². The fraction of sp³-hybridized carbons (Fsp3) is 0.480. The van der Waals surface area contributed by atoms with Gasteiger partial charge in [-0.3, -0.25) is 9.59 Å². The second-order valence-electron chi connectivity index (χ2n) is 7.82. The van der Waals surface area contributed by atoms with Crippen LogP contribution in [0.3, 0.4) is 0 Å². The lowest BCUT2D eigenvalue weighted by Gasteiger charge is -2.06. The fourth-order valence-electron chi connectivity index (χ4n) is 3.26. The summed E-state index contributed by atoms with van der Waals surface area (Å²) in [5.41, 5.74) is 5.01. The number of carbonyl (C=O) groups excluding carboxylic acids is 2. The summed E-state index contributed by atoms with van der Waals surface area (Å²) in [6, 6.07) is 11.1. The largest absolute Gasteiger partial charge is 0.321 e. The van der Waals surface area contributed by atoms with E-state index in [9.17, 15) is 9.59 Å². The SMILES string of the molecule is CCCCCCCCCCCC(=O)N/N=C(\C)c1ccc(NC(=O)c2cccs2)cc1. The van der Waals surface area contributed by atoms with Gasteiger partial charge in [0.25, 0.3) is 5.91 Å². The molecule has 1 heterocycles. The van der Waals surface area contributed by atoms with Crippen LogP contribution < -0.4 is 10.7 Å². The van der Waals surface area contributed by atoms with Crippen molar-refractivity contribution in [1.82, 2.24) is 5.43 Å². The molecule has 2 amide bonds. The molecule has 168 valence electrons. The second-order valence-corrected chi connectivity index (χ2v) is 8.77. The molecule has 2 rings (SSSR count). The maximum absolute atomic E-state index is 12.1. The van der Waals surface area contributed by atoms with Crippen LogP contribution in [0.4, 0.5) is 5.69 Å². The first-order valence-corrected chi connectivity index (χ1v) is 12.3. The van der Waals surface area contributed by atoms with Crippen molar-refractivity contribution in [2.45, 2.75) is 78.1 Å². The van der Waals surface area contributed by atoms with E-state index in [-0.39, 0.29) is 11.8 Å². The zero-order chi connectivity index (χ0) is 22.3. The van der Waals surface area contributed by atoms with E-state index < -0.39 is 0 Å². The van der Waals surface area contributed by atoms with Gasteiger partial charge in [0.1, 0.15) is 0 Å². The van der Waals surface area contributed by atoms with E-state index in [1.54, 1.807) is 6.07 Å². The second kappa shape index (κ2) is 14.5. The third kappa shape index (κ3) is 9.92. The summed E-state index contributed by atoms with van der Waals surface area (Å²) in [4.78, 5) is 24.8. The van der Waals surface area contributed by atoms with Crippen molar-refractivity contribution in [2.75, 3.05) is 5.32 Å². The fourth-order valence-corrected chi connectivity index (χ4v) is 3.88. The number of benzene rings is 1. The van der Waals surface area contributed by atoms with Gasteiger partial charge >= 0.3 is 0 Å². The first kappa shape index (κ1) is 24.8. The molecule has 0 bridgehead atoms. The van der Waals surface area contributed by atoms with Crippen molar-refractivity contribution in [3.63, 3.8) is 0 Å². The van der Waals surface area contributed by atoms with Gasteiger partial charge in [-0.1, -0.05) is 76.5 Å². The first-order valence-electron chi connectivity index (χ1n) is 11.4. The van der Waals surface area contributed by atoms with E-state index in [0.29, 0.717) is 11.3 Å². The van der Waals surface area contributed by atoms with Gasteiger partial charge in [-0.25, -0.2) is 5.43 Å².